The lowest BCUT2D eigenvalue weighted by Crippen LogP contribution is -2.48. The number of likely N-dealkylation sites (tertiary alicyclic amines) is 1. The number of benzene rings is 1. The van der Waals surface area contributed by atoms with Gasteiger partial charge in [-0.1, -0.05) is 36.4 Å². The molecule has 1 aromatic heterocycles. The van der Waals surface area contributed by atoms with Gasteiger partial charge < -0.3 is 15.1 Å². The van der Waals surface area contributed by atoms with Crippen LogP contribution in [0, 0.1) is 0 Å². The molecule has 0 saturated carbocycles. The molecule has 0 atom stereocenters. The summed E-state index contributed by atoms with van der Waals surface area (Å²) in [4.78, 5) is 7.22. The van der Waals surface area contributed by atoms with Gasteiger partial charge in [-0.25, -0.2) is 0 Å². The molecule has 2 N–H and O–H groups in total. The van der Waals surface area contributed by atoms with Gasteiger partial charge in [0.05, 0.1) is 6.26 Å². The number of hydrogen-bond donors (Lipinski definition) is 2. The maximum atomic E-state index is 5.38. The Bertz CT molecular complexity index is 695. The number of hydrogen-bond acceptors (Lipinski definition) is 3. The molecule has 1 fully saturated rings. The van der Waals surface area contributed by atoms with E-state index in [9.17, 15) is 0 Å². The molecule has 0 aliphatic carbocycles. The number of guanidine groups is 1. The summed E-state index contributed by atoms with van der Waals surface area (Å²) < 4.78 is 5.38. The molecular weight excluding hydrogens is 463 g/mol. The molecule has 0 unspecified atom stereocenters. The molecule has 6 heteroatoms. The summed E-state index contributed by atoms with van der Waals surface area (Å²) in [6.45, 7) is 8.44. The zero-order chi connectivity index (χ0) is 18.7. The van der Waals surface area contributed by atoms with E-state index in [1.807, 2.05) is 18.2 Å². The van der Waals surface area contributed by atoms with Crippen LogP contribution >= 0.6 is 24.0 Å². The van der Waals surface area contributed by atoms with E-state index in [0.717, 1.165) is 50.6 Å². The van der Waals surface area contributed by atoms with E-state index in [4.69, 9.17) is 9.41 Å². The van der Waals surface area contributed by atoms with Gasteiger partial charge in [0, 0.05) is 45.2 Å². The van der Waals surface area contributed by atoms with Gasteiger partial charge >= 0.3 is 0 Å². The molecule has 2 aromatic rings. The predicted molar refractivity (Wildman–Crippen MR) is 126 cm³/mol. The summed E-state index contributed by atoms with van der Waals surface area (Å²) in [5.74, 6) is 1.83. The Morgan fingerprint density at radius 3 is 2.64 bits per heavy atom. The lowest BCUT2D eigenvalue weighted by atomic mass is 10.0. The van der Waals surface area contributed by atoms with Gasteiger partial charge in [0.1, 0.15) is 5.76 Å². The smallest absolute Gasteiger partial charge is 0.191 e. The van der Waals surface area contributed by atoms with E-state index in [1.54, 1.807) is 6.26 Å². The van der Waals surface area contributed by atoms with Crippen LogP contribution in [0.1, 0.15) is 24.2 Å². The van der Waals surface area contributed by atoms with Crippen molar-refractivity contribution in [3.05, 3.63) is 72.7 Å². The number of furan rings is 1. The molecule has 1 aliphatic heterocycles. The van der Waals surface area contributed by atoms with Gasteiger partial charge in [0.2, 0.25) is 0 Å². The Kier molecular flexibility index (Phi) is 10.1. The second kappa shape index (κ2) is 12.6. The summed E-state index contributed by atoms with van der Waals surface area (Å²) in [5.41, 5.74) is 1.39. The first-order chi connectivity index (χ1) is 13.3. The van der Waals surface area contributed by atoms with Crippen molar-refractivity contribution in [1.29, 1.82) is 0 Å². The highest BCUT2D eigenvalue weighted by Gasteiger charge is 2.20. The molecule has 1 saturated heterocycles. The minimum absolute atomic E-state index is 0. The highest BCUT2D eigenvalue weighted by Crippen LogP contribution is 2.13. The fraction of sp³-hybridized carbons (Fsp3) is 0.409. The Balaban J connectivity index is 0.00000280. The fourth-order valence-corrected chi connectivity index (χ4v) is 3.32. The largest absolute Gasteiger partial charge is 0.469 e. The molecule has 3 rings (SSSR count). The average Bonchev–Trinajstić information content (AvgIpc) is 3.22. The highest BCUT2D eigenvalue weighted by atomic mass is 127. The van der Waals surface area contributed by atoms with Crippen LogP contribution in [0.3, 0.4) is 0 Å². The number of piperidine rings is 1. The number of nitrogens with one attached hydrogen (secondary N) is 2. The van der Waals surface area contributed by atoms with Crippen LogP contribution < -0.4 is 10.6 Å². The van der Waals surface area contributed by atoms with Gasteiger partial charge in [0.25, 0.3) is 0 Å². The zero-order valence-electron chi connectivity index (χ0n) is 16.3. The van der Waals surface area contributed by atoms with Crippen molar-refractivity contribution < 1.29 is 4.42 Å². The van der Waals surface area contributed by atoms with Crippen LogP contribution in [0.25, 0.3) is 0 Å². The first-order valence-corrected chi connectivity index (χ1v) is 9.78. The van der Waals surface area contributed by atoms with E-state index in [0.29, 0.717) is 19.1 Å². The van der Waals surface area contributed by atoms with Crippen molar-refractivity contribution in [2.24, 2.45) is 4.99 Å². The van der Waals surface area contributed by atoms with Crippen molar-refractivity contribution in [1.82, 2.24) is 15.5 Å². The topological polar surface area (TPSA) is 52.8 Å². The van der Waals surface area contributed by atoms with E-state index >= 15 is 0 Å². The van der Waals surface area contributed by atoms with Gasteiger partial charge in [-0.15, -0.1) is 30.6 Å². The van der Waals surface area contributed by atoms with Gasteiger partial charge in [-0.2, -0.15) is 0 Å². The average molecular weight is 494 g/mol. The lowest BCUT2D eigenvalue weighted by molar-refractivity contribution is 0.198. The van der Waals surface area contributed by atoms with Gasteiger partial charge in [-0.3, -0.25) is 9.89 Å². The van der Waals surface area contributed by atoms with Crippen molar-refractivity contribution >= 4 is 29.9 Å². The van der Waals surface area contributed by atoms with Gasteiger partial charge in [0.15, 0.2) is 5.96 Å². The first-order valence-electron chi connectivity index (χ1n) is 9.78. The molecule has 1 aliphatic rings. The molecule has 0 bridgehead atoms. The molecule has 5 nitrogen and oxygen atoms in total. The highest BCUT2D eigenvalue weighted by molar-refractivity contribution is 14.0. The second-order valence-electron chi connectivity index (χ2n) is 6.91. The molecule has 152 valence electrons. The number of nitrogens with zero attached hydrogens (tertiary/aromatic N) is 2. The number of aliphatic imine (C=N–C) groups is 1. The molecular formula is C22H31IN4O. The first kappa shape index (κ1) is 22.5. The van der Waals surface area contributed by atoms with Crippen molar-refractivity contribution in [2.45, 2.75) is 31.8 Å². The number of rotatable bonds is 8. The van der Waals surface area contributed by atoms with Crippen LogP contribution in [0.2, 0.25) is 0 Å². The molecule has 1 aromatic carbocycles. The molecule has 0 spiro atoms. The van der Waals surface area contributed by atoms with E-state index in [2.05, 4.69) is 52.4 Å². The van der Waals surface area contributed by atoms with Crippen molar-refractivity contribution in [2.75, 3.05) is 26.2 Å². The summed E-state index contributed by atoms with van der Waals surface area (Å²) in [7, 11) is 0. The Morgan fingerprint density at radius 2 is 1.96 bits per heavy atom. The van der Waals surface area contributed by atoms with Crippen molar-refractivity contribution in [3.8, 4) is 0 Å². The van der Waals surface area contributed by atoms with E-state index in [1.165, 1.54) is 5.56 Å². The molecule has 0 amide bonds. The molecule has 28 heavy (non-hydrogen) atoms. The minimum Gasteiger partial charge on any atom is -0.469 e. The van der Waals surface area contributed by atoms with Crippen LogP contribution in [0.15, 0.2) is 70.8 Å². The minimum atomic E-state index is 0. The lowest BCUT2D eigenvalue weighted by Gasteiger charge is -2.33. The standard InChI is InChI=1S/C22H30N4O.HI/c1-2-13-23-22(24-14-10-21-9-6-17-27-21)25-20-11-15-26(16-12-20)18-19-7-4-3-5-8-19;/h2-9,17,20H,1,10-16,18H2,(H2,23,24,25);1H. The molecule has 0 radical (unpaired) electrons. The van der Waals surface area contributed by atoms with Crippen LogP contribution in [0.4, 0.5) is 0 Å². The fourth-order valence-electron chi connectivity index (χ4n) is 3.32. The Hall–Kier alpha value is -1.80. The summed E-state index contributed by atoms with van der Waals surface area (Å²) in [6, 6.07) is 15.1. The number of halogens is 1. The van der Waals surface area contributed by atoms with Crippen LogP contribution in [-0.2, 0) is 13.0 Å². The summed E-state index contributed by atoms with van der Waals surface area (Å²) in [6.07, 6.45) is 6.62. The third-order valence-electron chi connectivity index (χ3n) is 4.80. The second-order valence-corrected chi connectivity index (χ2v) is 6.91. The maximum absolute atomic E-state index is 5.38. The normalized spacial score (nSPS) is 15.6. The summed E-state index contributed by atoms with van der Waals surface area (Å²) >= 11 is 0. The maximum Gasteiger partial charge on any atom is 0.191 e. The third kappa shape index (κ3) is 7.67. The zero-order valence-corrected chi connectivity index (χ0v) is 18.7. The Labute approximate surface area is 185 Å². The Morgan fingerprint density at radius 1 is 1.18 bits per heavy atom. The molecule has 2 heterocycles. The van der Waals surface area contributed by atoms with E-state index < -0.39 is 0 Å². The predicted octanol–water partition coefficient (Wildman–Crippen LogP) is 3.83. The van der Waals surface area contributed by atoms with E-state index in [-0.39, 0.29) is 24.0 Å². The summed E-state index contributed by atoms with van der Waals surface area (Å²) in [5, 5.41) is 6.91. The van der Waals surface area contributed by atoms with Crippen LogP contribution in [-0.4, -0.2) is 43.1 Å². The van der Waals surface area contributed by atoms with Gasteiger partial charge in [-0.05, 0) is 30.5 Å². The quantitative estimate of drug-likeness (QED) is 0.254. The SMILES string of the molecule is C=CCNC(=NCCc1ccco1)NC1CCN(Cc2ccccc2)CC1.I. The third-order valence-corrected chi connectivity index (χ3v) is 4.80. The van der Waals surface area contributed by atoms with Crippen molar-refractivity contribution in [3.63, 3.8) is 0 Å². The monoisotopic (exact) mass is 494 g/mol. The van der Waals surface area contributed by atoms with Crippen LogP contribution in [0.5, 0.6) is 0 Å².